The lowest BCUT2D eigenvalue weighted by Gasteiger charge is -2.34. The Morgan fingerprint density at radius 1 is 1.03 bits per heavy atom. The van der Waals surface area contributed by atoms with E-state index < -0.39 is 0 Å². The Kier molecular flexibility index (Phi) is 6.99. The molecular weight excluding hydrogens is 418 g/mol. The summed E-state index contributed by atoms with van der Waals surface area (Å²) in [6.45, 7) is 7.42. The molecule has 0 bridgehead atoms. The molecule has 1 aliphatic rings. The number of methoxy groups -OCH3 is 1. The van der Waals surface area contributed by atoms with Gasteiger partial charge >= 0.3 is 0 Å². The van der Waals surface area contributed by atoms with Crippen molar-refractivity contribution in [3.63, 3.8) is 0 Å². The molecule has 0 atom stereocenters. The number of furan rings is 1. The summed E-state index contributed by atoms with van der Waals surface area (Å²) in [5.41, 5.74) is 2.19. The Morgan fingerprint density at radius 3 is 2.45 bits per heavy atom. The van der Waals surface area contributed by atoms with Crippen molar-refractivity contribution in [3.8, 4) is 5.75 Å². The smallest absolute Gasteiger partial charge is 0.291 e. The Balaban J connectivity index is 1.48. The molecule has 4 rings (SSSR count). The number of fused-ring (bicyclic) bond motifs is 1. The first-order chi connectivity index (χ1) is 16.0. The molecule has 7 nitrogen and oxygen atoms in total. The van der Waals surface area contributed by atoms with Gasteiger partial charge < -0.3 is 19.4 Å². The molecule has 2 heterocycles. The number of ether oxygens (including phenoxy) is 1. The zero-order valence-corrected chi connectivity index (χ0v) is 19.5. The number of hydrogen-bond donors (Lipinski definition) is 1. The minimum absolute atomic E-state index is 0.118. The lowest BCUT2D eigenvalue weighted by Crippen LogP contribution is -2.48. The third-order valence-electron chi connectivity index (χ3n) is 5.89. The highest BCUT2D eigenvalue weighted by molar-refractivity contribution is 6.10. The highest BCUT2D eigenvalue weighted by Crippen LogP contribution is 2.32. The van der Waals surface area contributed by atoms with E-state index in [1.807, 2.05) is 56.3 Å². The van der Waals surface area contributed by atoms with Gasteiger partial charge in [-0.1, -0.05) is 44.2 Å². The first-order valence-electron chi connectivity index (χ1n) is 11.4. The zero-order chi connectivity index (χ0) is 23.4. The second-order valence-corrected chi connectivity index (χ2v) is 8.83. The van der Waals surface area contributed by atoms with E-state index in [9.17, 15) is 9.59 Å². The number of para-hydroxylation sites is 2. The summed E-state index contributed by atoms with van der Waals surface area (Å²) in [5, 5.41) is 3.68. The molecule has 2 amide bonds. The summed E-state index contributed by atoms with van der Waals surface area (Å²) < 4.78 is 11.4. The van der Waals surface area contributed by atoms with Gasteiger partial charge in [-0.3, -0.25) is 14.5 Å². The van der Waals surface area contributed by atoms with Crippen molar-refractivity contribution in [2.45, 2.75) is 26.8 Å². The zero-order valence-electron chi connectivity index (χ0n) is 19.5. The van der Waals surface area contributed by atoms with E-state index in [1.54, 1.807) is 12.0 Å². The molecule has 1 saturated heterocycles. The molecular formula is C26H31N3O4. The average Bonchev–Trinajstić information content (AvgIpc) is 3.17. The molecule has 1 aromatic heterocycles. The molecule has 2 aromatic carbocycles. The quantitative estimate of drug-likeness (QED) is 0.579. The SMILES string of the molecule is COc1ccccc1CN1CCN(C(=O)c2oc3ccccc3c2NC(=O)CC(C)C)CC1. The van der Waals surface area contributed by atoms with Crippen LogP contribution < -0.4 is 10.1 Å². The summed E-state index contributed by atoms with van der Waals surface area (Å²) in [5.74, 6) is 0.986. The molecule has 3 aromatic rings. The number of anilines is 1. The predicted molar refractivity (Wildman–Crippen MR) is 128 cm³/mol. The number of hydrogen-bond acceptors (Lipinski definition) is 5. The third-order valence-corrected chi connectivity index (χ3v) is 5.89. The molecule has 7 heteroatoms. The highest BCUT2D eigenvalue weighted by atomic mass is 16.5. The Bertz CT molecular complexity index is 1130. The molecule has 1 N–H and O–H groups in total. The molecule has 174 valence electrons. The first-order valence-corrected chi connectivity index (χ1v) is 11.4. The van der Waals surface area contributed by atoms with Crippen LogP contribution in [0.25, 0.3) is 11.0 Å². The van der Waals surface area contributed by atoms with Gasteiger partial charge in [0.1, 0.15) is 17.0 Å². The molecule has 0 saturated carbocycles. The van der Waals surface area contributed by atoms with Crippen molar-refractivity contribution in [2.24, 2.45) is 5.92 Å². The maximum atomic E-state index is 13.4. The van der Waals surface area contributed by atoms with E-state index >= 15 is 0 Å². The van der Waals surface area contributed by atoms with Gasteiger partial charge in [0.15, 0.2) is 0 Å². The second kappa shape index (κ2) is 10.1. The molecule has 0 aliphatic carbocycles. The van der Waals surface area contributed by atoms with Gasteiger partial charge in [0.2, 0.25) is 11.7 Å². The van der Waals surface area contributed by atoms with E-state index in [1.165, 1.54) is 0 Å². The average molecular weight is 450 g/mol. The van der Waals surface area contributed by atoms with Gasteiger partial charge in [0.05, 0.1) is 7.11 Å². The maximum absolute atomic E-state index is 13.4. The lowest BCUT2D eigenvalue weighted by molar-refractivity contribution is -0.116. The van der Waals surface area contributed by atoms with Crippen molar-refractivity contribution in [2.75, 3.05) is 38.6 Å². The van der Waals surface area contributed by atoms with Crippen molar-refractivity contribution in [1.82, 2.24) is 9.80 Å². The topological polar surface area (TPSA) is 75.0 Å². The van der Waals surface area contributed by atoms with Crippen molar-refractivity contribution in [1.29, 1.82) is 0 Å². The molecule has 33 heavy (non-hydrogen) atoms. The van der Waals surface area contributed by atoms with E-state index in [2.05, 4.69) is 16.3 Å². The summed E-state index contributed by atoms with van der Waals surface area (Å²) in [4.78, 5) is 30.0. The number of nitrogens with zero attached hydrogens (tertiary/aromatic N) is 2. The number of benzene rings is 2. The Hall–Kier alpha value is -3.32. The minimum atomic E-state index is -0.192. The van der Waals surface area contributed by atoms with Crippen LogP contribution in [-0.2, 0) is 11.3 Å². The monoisotopic (exact) mass is 449 g/mol. The van der Waals surface area contributed by atoms with Gasteiger partial charge in [-0.2, -0.15) is 0 Å². The van der Waals surface area contributed by atoms with Gasteiger partial charge in [-0.25, -0.2) is 0 Å². The Labute approximate surface area is 194 Å². The fourth-order valence-electron chi connectivity index (χ4n) is 4.21. The molecule has 1 aliphatic heterocycles. The van der Waals surface area contributed by atoms with Crippen LogP contribution in [0, 0.1) is 5.92 Å². The van der Waals surface area contributed by atoms with Gasteiger partial charge in [-0.05, 0) is 24.1 Å². The number of piperazine rings is 1. The van der Waals surface area contributed by atoms with Gasteiger partial charge in [-0.15, -0.1) is 0 Å². The van der Waals surface area contributed by atoms with Crippen LogP contribution in [0.15, 0.2) is 52.9 Å². The third kappa shape index (κ3) is 5.20. The van der Waals surface area contributed by atoms with Gasteiger partial charge in [0.25, 0.3) is 5.91 Å². The lowest BCUT2D eigenvalue weighted by atomic mass is 10.1. The minimum Gasteiger partial charge on any atom is -0.496 e. The van der Waals surface area contributed by atoms with E-state index in [0.717, 1.165) is 36.3 Å². The number of rotatable bonds is 7. The van der Waals surface area contributed by atoms with Crippen molar-refractivity contribution < 1.29 is 18.7 Å². The van der Waals surface area contributed by atoms with Crippen LogP contribution in [0.2, 0.25) is 0 Å². The largest absolute Gasteiger partial charge is 0.496 e. The van der Waals surface area contributed by atoms with Crippen LogP contribution in [-0.4, -0.2) is 54.9 Å². The summed E-state index contributed by atoms with van der Waals surface area (Å²) in [6.07, 6.45) is 0.384. The molecule has 0 radical (unpaired) electrons. The number of carbonyl (C=O) groups excluding carboxylic acids is 2. The van der Waals surface area contributed by atoms with E-state index in [4.69, 9.17) is 9.15 Å². The summed E-state index contributed by atoms with van der Waals surface area (Å²) in [7, 11) is 1.68. The number of amides is 2. The number of carbonyl (C=O) groups is 2. The fraction of sp³-hybridized carbons (Fsp3) is 0.385. The molecule has 0 unspecified atom stereocenters. The summed E-state index contributed by atoms with van der Waals surface area (Å²) in [6, 6.07) is 15.4. The second-order valence-electron chi connectivity index (χ2n) is 8.83. The van der Waals surface area contributed by atoms with Gasteiger partial charge in [0, 0.05) is 50.1 Å². The van der Waals surface area contributed by atoms with Crippen LogP contribution >= 0.6 is 0 Å². The predicted octanol–water partition coefficient (Wildman–Crippen LogP) is 4.38. The first kappa shape index (κ1) is 22.9. The van der Waals surface area contributed by atoms with Crippen molar-refractivity contribution in [3.05, 3.63) is 59.9 Å². The molecule has 0 spiro atoms. The van der Waals surface area contributed by atoms with E-state index in [0.29, 0.717) is 30.8 Å². The van der Waals surface area contributed by atoms with Crippen molar-refractivity contribution >= 4 is 28.5 Å². The van der Waals surface area contributed by atoms with Crippen LogP contribution in [0.1, 0.15) is 36.4 Å². The number of nitrogens with one attached hydrogen (secondary N) is 1. The summed E-state index contributed by atoms with van der Waals surface area (Å²) >= 11 is 0. The normalized spacial score (nSPS) is 14.6. The van der Waals surface area contributed by atoms with Crippen LogP contribution in [0.3, 0.4) is 0 Å². The maximum Gasteiger partial charge on any atom is 0.291 e. The van der Waals surface area contributed by atoms with Crippen LogP contribution in [0.4, 0.5) is 5.69 Å². The van der Waals surface area contributed by atoms with E-state index in [-0.39, 0.29) is 23.5 Å². The molecule has 1 fully saturated rings. The fourth-order valence-corrected chi connectivity index (χ4v) is 4.21. The Morgan fingerprint density at radius 2 is 1.73 bits per heavy atom. The highest BCUT2D eigenvalue weighted by Gasteiger charge is 2.29. The van der Waals surface area contributed by atoms with Crippen LogP contribution in [0.5, 0.6) is 5.75 Å². The standard InChI is InChI=1S/C26H31N3O4/c1-18(2)16-23(30)27-24-20-9-5-7-11-22(20)33-25(24)26(31)29-14-12-28(13-15-29)17-19-8-4-6-10-21(19)32-3/h4-11,18H,12-17H2,1-3H3,(H,27,30).